The number of likely N-dealkylation sites (tertiary alicyclic amines) is 1. The maximum atomic E-state index is 10.9. The van der Waals surface area contributed by atoms with Gasteiger partial charge in [0.25, 0.3) is 0 Å². The predicted octanol–water partition coefficient (Wildman–Crippen LogP) is 1.38. The van der Waals surface area contributed by atoms with E-state index < -0.39 is 5.97 Å². The van der Waals surface area contributed by atoms with Crippen LogP contribution in [0.5, 0.6) is 0 Å². The summed E-state index contributed by atoms with van der Waals surface area (Å²) < 4.78 is 0. The van der Waals surface area contributed by atoms with E-state index in [0.717, 1.165) is 25.9 Å². The van der Waals surface area contributed by atoms with Crippen molar-refractivity contribution >= 4 is 5.97 Å². The summed E-state index contributed by atoms with van der Waals surface area (Å²) in [6.45, 7) is 2.48. The fourth-order valence-corrected chi connectivity index (χ4v) is 2.15. The number of aromatic nitrogens is 1. The van der Waals surface area contributed by atoms with Crippen molar-refractivity contribution in [1.29, 1.82) is 0 Å². The van der Waals surface area contributed by atoms with Crippen LogP contribution in [0, 0.1) is 5.92 Å². The van der Waals surface area contributed by atoms with Crippen LogP contribution in [0.1, 0.15) is 18.4 Å². The SMILES string of the molecule is O=C(O)[C@@H]1CCCN(Cc2ccncc2)C1. The minimum atomic E-state index is -0.667. The Morgan fingerprint density at radius 3 is 2.94 bits per heavy atom. The van der Waals surface area contributed by atoms with E-state index in [-0.39, 0.29) is 5.92 Å². The molecule has 4 heteroatoms. The summed E-state index contributed by atoms with van der Waals surface area (Å²) in [6, 6.07) is 3.95. The van der Waals surface area contributed by atoms with Crippen LogP contribution in [-0.2, 0) is 11.3 Å². The first-order valence-corrected chi connectivity index (χ1v) is 5.60. The molecule has 0 radical (unpaired) electrons. The lowest BCUT2D eigenvalue weighted by Crippen LogP contribution is -2.38. The van der Waals surface area contributed by atoms with Gasteiger partial charge in [0.05, 0.1) is 5.92 Å². The van der Waals surface area contributed by atoms with E-state index in [1.54, 1.807) is 12.4 Å². The highest BCUT2D eigenvalue weighted by Crippen LogP contribution is 2.18. The van der Waals surface area contributed by atoms with Gasteiger partial charge in [0, 0.05) is 25.5 Å². The lowest BCUT2D eigenvalue weighted by Gasteiger charge is -2.30. The fourth-order valence-electron chi connectivity index (χ4n) is 2.15. The number of aliphatic carboxylic acids is 1. The molecule has 0 aliphatic carbocycles. The number of carboxylic acids is 1. The normalized spacial score (nSPS) is 21.9. The molecular formula is C12H16N2O2. The van der Waals surface area contributed by atoms with Gasteiger partial charge in [-0.3, -0.25) is 14.7 Å². The van der Waals surface area contributed by atoms with Gasteiger partial charge in [0.2, 0.25) is 0 Å². The molecule has 4 nitrogen and oxygen atoms in total. The van der Waals surface area contributed by atoms with E-state index in [2.05, 4.69) is 9.88 Å². The Hall–Kier alpha value is -1.42. The highest BCUT2D eigenvalue weighted by molar-refractivity contribution is 5.70. The molecule has 16 heavy (non-hydrogen) atoms. The zero-order valence-electron chi connectivity index (χ0n) is 9.17. The minimum absolute atomic E-state index is 0.199. The Balaban J connectivity index is 1.93. The van der Waals surface area contributed by atoms with E-state index in [1.807, 2.05) is 12.1 Å². The Labute approximate surface area is 94.9 Å². The van der Waals surface area contributed by atoms with Crippen LogP contribution in [0.25, 0.3) is 0 Å². The van der Waals surface area contributed by atoms with Crippen molar-refractivity contribution in [2.75, 3.05) is 13.1 Å². The van der Waals surface area contributed by atoms with Crippen molar-refractivity contribution in [3.05, 3.63) is 30.1 Å². The Morgan fingerprint density at radius 1 is 1.50 bits per heavy atom. The molecule has 0 spiro atoms. The van der Waals surface area contributed by atoms with Crippen molar-refractivity contribution in [3.8, 4) is 0 Å². The largest absolute Gasteiger partial charge is 0.481 e. The van der Waals surface area contributed by atoms with Gasteiger partial charge in [-0.1, -0.05) is 0 Å². The van der Waals surface area contributed by atoms with Gasteiger partial charge in [0.15, 0.2) is 0 Å². The van der Waals surface area contributed by atoms with Crippen LogP contribution < -0.4 is 0 Å². The second-order valence-corrected chi connectivity index (χ2v) is 4.27. The highest BCUT2D eigenvalue weighted by Gasteiger charge is 2.24. The van der Waals surface area contributed by atoms with E-state index >= 15 is 0 Å². The molecule has 86 valence electrons. The van der Waals surface area contributed by atoms with Gasteiger partial charge in [-0.2, -0.15) is 0 Å². The minimum Gasteiger partial charge on any atom is -0.481 e. The lowest BCUT2D eigenvalue weighted by atomic mass is 9.98. The second-order valence-electron chi connectivity index (χ2n) is 4.27. The molecule has 0 bridgehead atoms. The molecule has 1 aromatic heterocycles. The van der Waals surface area contributed by atoms with Gasteiger partial charge in [-0.05, 0) is 37.1 Å². The van der Waals surface area contributed by atoms with Gasteiger partial charge in [-0.25, -0.2) is 0 Å². The Bertz CT molecular complexity index is 353. The molecule has 1 aliphatic rings. The molecule has 2 rings (SSSR count). The quantitative estimate of drug-likeness (QED) is 0.836. The summed E-state index contributed by atoms with van der Waals surface area (Å²) in [6.07, 6.45) is 5.33. The summed E-state index contributed by atoms with van der Waals surface area (Å²) >= 11 is 0. The smallest absolute Gasteiger partial charge is 0.307 e. The van der Waals surface area contributed by atoms with Crippen LogP contribution in [0.3, 0.4) is 0 Å². The maximum absolute atomic E-state index is 10.9. The monoisotopic (exact) mass is 220 g/mol. The van der Waals surface area contributed by atoms with Crippen molar-refractivity contribution in [2.24, 2.45) is 5.92 Å². The number of carbonyl (C=O) groups is 1. The average Bonchev–Trinajstić information content (AvgIpc) is 2.30. The standard InChI is InChI=1S/C12H16N2O2/c15-12(16)11-2-1-7-14(9-11)8-10-3-5-13-6-4-10/h3-6,11H,1-2,7-9H2,(H,15,16)/t11-/m1/s1. The average molecular weight is 220 g/mol. The van der Waals surface area contributed by atoms with Crippen LogP contribution >= 0.6 is 0 Å². The van der Waals surface area contributed by atoms with E-state index in [4.69, 9.17) is 5.11 Å². The number of pyridine rings is 1. The molecule has 1 N–H and O–H groups in total. The zero-order valence-corrected chi connectivity index (χ0v) is 9.17. The van der Waals surface area contributed by atoms with Crippen molar-refractivity contribution in [1.82, 2.24) is 9.88 Å². The molecule has 0 aromatic carbocycles. The van der Waals surface area contributed by atoms with E-state index in [9.17, 15) is 4.79 Å². The van der Waals surface area contributed by atoms with Gasteiger partial charge >= 0.3 is 5.97 Å². The lowest BCUT2D eigenvalue weighted by molar-refractivity contribution is -0.143. The molecule has 1 saturated heterocycles. The first-order valence-electron chi connectivity index (χ1n) is 5.60. The molecule has 0 unspecified atom stereocenters. The Kier molecular flexibility index (Phi) is 3.51. The molecule has 0 saturated carbocycles. The summed E-state index contributed by atoms with van der Waals surface area (Å²) in [5, 5.41) is 8.99. The predicted molar refractivity (Wildman–Crippen MR) is 59.9 cm³/mol. The van der Waals surface area contributed by atoms with Crippen molar-refractivity contribution < 1.29 is 9.90 Å². The molecule has 1 aliphatic heterocycles. The van der Waals surface area contributed by atoms with Crippen LogP contribution in [0.2, 0.25) is 0 Å². The van der Waals surface area contributed by atoms with Crippen LogP contribution in [-0.4, -0.2) is 34.0 Å². The van der Waals surface area contributed by atoms with Crippen molar-refractivity contribution in [3.63, 3.8) is 0 Å². The second kappa shape index (κ2) is 5.07. The van der Waals surface area contributed by atoms with Crippen molar-refractivity contribution in [2.45, 2.75) is 19.4 Å². The number of piperidine rings is 1. The summed E-state index contributed by atoms with van der Waals surface area (Å²) in [7, 11) is 0. The summed E-state index contributed by atoms with van der Waals surface area (Å²) in [5.41, 5.74) is 1.20. The number of hydrogen-bond acceptors (Lipinski definition) is 3. The number of hydrogen-bond donors (Lipinski definition) is 1. The third-order valence-corrected chi connectivity index (χ3v) is 3.01. The molecule has 1 atom stereocenters. The first-order chi connectivity index (χ1) is 7.75. The summed E-state index contributed by atoms with van der Waals surface area (Å²) in [5.74, 6) is -0.866. The number of rotatable bonds is 3. The van der Waals surface area contributed by atoms with Gasteiger partial charge < -0.3 is 5.11 Å². The summed E-state index contributed by atoms with van der Waals surface area (Å²) in [4.78, 5) is 17.1. The number of carboxylic acid groups (broad SMARTS) is 1. The topological polar surface area (TPSA) is 53.4 Å². The molecule has 1 aromatic rings. The molecule has 1 fully saturated rings. The third-order valence-electron chi connectivity index (χ3n) is 3.01. The van der Waals surface area contributed by atoms with Crippen LogP contribution in [0.4, 0.5) is 0 Å². The third kappa shape index (κ3) is 2.79. The van der Waals surface area contributed by atoms with Crippen LogP contribution in [0.15, 0.2) is 24.5 Å². The zero-order chi connectivity index (χ0) is 11.4. The number of nitrogens with zero attached hydrogens (tertiary/aromatic N) is 2. The fraction of sp³-hybridized carbons (Fsp3) is 0.500. The Morgan fingerprint density at radius 2 is 2.25 bits per heavy atom. The van der Waals surface area contributed by atoms with Gasteiger partial charge in [-0.15, -0.1) is 0 Å². The van der Waals surface area contributed by atoms with E-state index in [0.29, 0.717) is 6.54 Å². The van der Waals surface area contributed by atoms with Gasteiger partial charge in [0.1, 0.15) is 0 Å². The molecular weight excluding hydrogens is 204 g/mol. The maximum Gasteiger partial charge on any atom is 0.307 e. The first kappa shape index (κ1) is 11.1. The molecule has 2 heterocycles. The van der Waals surface area contributed by atoms with E-state index in [1.165, 1.54) is 5.56 Å². The highest BCUT2D eigenvalue weighted by atomic mass is 16.4. The molecule has 0 amide bonds.